The van der Waals surface area contributed by atoms with E-state index in [0.717, 1.165) is 4.47 Å². The summed E-state index contributed by atoms with van der Waals surface area (Å²) in [5.41, 5.74) is 0.555. The van der Waals surface area contributed by atoms with Crippen LogP contribution in [0.5, 0.6) is 0 Å². The van der Waals surface area contributed by atoms with Crippen LogP contribution in [0.15, 0.2) is 35.1 Å². The van der Waals surface area contributed by atoms with Crippen molar-refractivity contribution in [3.05, 3.63) is 45.8 Å². The van der Waals surface area contributed by atoms with E-state index in [1.807, 2.05) is 6.07 Å². The molecule has 1 heterocycles. The zero-order chi connectivity index (χ0) is 13.1. The van der Waals surface area contributed by atoms with E-state index in [1.165, 1.54) is 12.4 Å². The first kappa shape index (κ1) is 12.8. The van der Waals surface area contributed by atoms with E-state index in [1.54, 1.807) is 12.1 Å². The second-order valence-electron chi connectivity index (χ2n) is 3.34. The number of aromatic nitrogens is 2. The minimum Gasteiger partial charge on any atom is -0.476 e. The van der Waals surface area contributed by atoms with Gasteiger partial charge in [-0.3, -0.25) is 0 Å². The molecule has 0 amide bonds. The normalized spacial score (nSPS) is 10.1. The molecule has 7 heteroatoms. The summed E-state index contributed by atoms with van der Waals surface area (Å²) in [6.07, 6.45) is 2.51. The summed E-state index contributed by atoms with van der Waals surface area (Å²) in [5.74, 6) is -0.694. The highest BCUT2D eigenvalue weighted by Gasteiger charge is 2.06. The van der Waals surface area contributed by atoms with Crippen molar-refractivity contribution in [2.45, 2.75) is 0 Å². The number of carboxylic acids is 1. The third kappa shape index (κ3) is 2.96. The second kappa shape index (κ2) is 5.32. The van der Waals surface area contributed by atoms with Gasteiger partial charge < -0.3 is 10.4 Å². The lowest BCUT2D eigenvalue weighted by Gasteiger charge is -2.07. The highest BCUT2D eigenvalue weighted by atomic mass is 79.9. The summed E-state index contributed by atoms with van der Waals surface area (Å²) in [4.78, 5) is 18.3. The number of carbonyl (C=O) groups is 1. The van der Waals surface area contributed by atoms with Gasteiger partial charge in [0.15, 0.2) is 5.69 Å². The summed E-state index contributed by atoms with van der Waals surface area (Å²) in [7, 11) is 0. The van der Waals surface area contributed by atoms with Crippen molar-refractivity contribution < 1.29 is 9.90 Å². The number of halogens is 2. The molecule has 0 saturated carbocycles. The van der Waals surface area contributed by atoms with Crippen LogP contribution in [0.1, 0.15) is 10.5 Å². The fourth-order valence-electron chi connectivity index (χ4n) is 1.23. The van der Waals surface area contributed by atoms with Crippen LogP contribution < -0.4 is 5.32 Å². The lowest BCUT2D eigenvalue weighted by Crippen LogP contribution is -2.02. The van der Waals surface area contributed by atoms with Crippen molar-refractivity contribution in [3.63, 3.8) is 0 Å². The van der Waals surface area contributed by atoms with E-state index >= 15 is 0 Å². The maximum absolute atomic E-state index is 10.6. The van der Waals surface area contributed by atoms with Crippen LogP contribution in [0, 0.1) is 0 Å². The van der Waals surface area contributed by atoms with Crippen molar-refractivity contribution in [2.75, 3.05) is 5.32 Å². The summed E-state index contributed by atoms with van der Waals surface area (Å²) in [6.45, 7) is 0. The first-order valence-corrected chi connectivity index (χ1v) is 6.01. The molecule has 0 bridgehead atoms. The highest BCUT2D eigenvalue weighted by molar-refractivity contribution is 9.10. The van der Waals surface area contributed by atoms with Crippen molar-refractivity contribution in [1.29, 1.82) is 0 Å². The molecule has 0 fully saturated rings. The molecule has 0 spiro atoms. The minimum absolute atomic E-state index is 0.109. The minimum atomic E-state index is -1.12. The molecule has 5 nitrogen and oxygen atoms in total. The van der Waals surface area contributed by atoms with E-state index in [0.29, 0.717) is 16.5 Å². The average Bonchev–Trinajstić information content (AvgIpc) is 2.33. The van der Waals surface area contributed by atoms with E-state index < -0.39 is 5.97 Å². The van der Waals surface area contributed by atoms with Gasteiger partial charge in [-0.2, -0.15) is 0 Å². The van der Waals surface area contributed by atoms with Crippen LogP contribution in [0.25, 0.3) is 0 Å². The van der Waals surface area contributed by atoms with Gasteiger partial charge in [-0.15, -0.1) is 0 Å². The van der Waals surface area contributed by atoms with Gasteiger partial charge in [0.05, 0.1) is 23.1 Å². The Morgan fingerprint density at radius 3 is 2.67 bits per heavy atom. The largest absolute Gasteiger partial charge is 0.476 e. The molecule has 0 atom stereocenters. The van der Waals surface area contributed by atoms with Gasteiger partial charge in [-0.05, 0) is 18.2 Å². The van der Waals surface area contributed by atoms with Crippen molar-refractivity contribution in [2.24, 2.45) is 0 Å². The van der Waals surface area contributed by atoms with Crippen LogP contribution in [0.3, 0.4) is 0 Å². The molecule has 2 aromatic rings. The Morgan fingerprint density at radius 1 is 1.33 bits per heavy atom. The first-order chi connectivity index (χ1) is 8.56. The van der Waals surface area contributed by atoms with Crippen molar-refractivity contribution in [3.8, 4) is 0 Å². The summed E-state index contributed by atoms with van der Waals surface area (Å²) >= 11 is 9.33. The maximum atomic E-state index is 10.6. The molecular formula is C11H7BrClN3O2. The van der Waals surface area contributed by atoms with Gasteiger partial charge in [-0.25, -0.2) is 14.8 Å². The maximum Gasteiger partial charge on any atom is 0.356 e. The zero-order valence-corrected chi connectivity index (χ0v) is 11.2. The third-order valence-electron chi connectivity index (χ3n) is 2.06. The Kier molecular flexibility index (Phi) is 3.78. The van der Waals surface area contributed by atoms with Crippen molar-refractivity contribution >= 4 is 45.0 Å². The standard InChI is InChI=1S/C11H7BrClN3O2/c12-6-1-2-8(7(13)3-6)16-10-5-14-9(4-15-10)11(17)18/h1-5H,(H,15,16)(H,17,18). The summed E-state index contributed by atoms with van der Waals surface area (Å²) in [6, 6.07) is 5.34. The van der Waals surface area contributed by atoms with Crippen LogP contribution in [0.4, 0.5) is 11.5 Å². The molecule has 0 aliphatic rings. The summed E-state index contributed by atoms with van der Waals surface area (Å²) < 4.78 is 0.866. The molecule has 1 aromatic carbocycles. The van der Waals surface area contributed by atoms with Gasteiger partial charge in [-0.1, -0.05) is 27.5 Å². The van der Waals surface area contributed by atoms with Gasteiger partial charge in [0.1, 0.15) is 5.82 Å². The Hall–Kier alpha value is -1.66. The third-order valence-corrected chi connectivity index (χ3v) is 2.87. The van der Waals surface area contributed by atoms with E-state index in [-0.39, 0.29) is 5.69 Å². The number of aromatic carboxylic acids is 1. The number of nitrogens with one attached hydrogen (secondary N) is 1. The second-order valence-corrected chi connectivity index (χ2v) is 4.66. The van der Waals surface area contributed by atoms with Crippen LogP contribution in [-0.2, 0) is 0 Å². The number of anilines is 2. The van der Waals surface area contributed by atoms with E-state index in [9.17, 15) is 4.79 Å². The van der Waals surface area contributed by atoms with Crippen LogP contribution >= 0.6 is 27.5 Å². The molecule has 2 rings (SSSR count). The number of benzene rings is 1. The highest BCUT2D eigenvalue weighted by Crippen LogP contribution is 2.27. The lowest BCUT2D eigenvalue weighted by molar-refractivity contribution is 0.0690. The molecule has 0 aliphatic carbocycles. The SMILES string of the molecule is O=C(O)c1cnc(Nc2ccc(Br)cc2Cl)cn1. The monoisotopic (exact) mass is 327 g/mol. The molecule has 1 aromatic heterocycles. The molecule has 0 saturated heterocycles. The zero-order valence-electron chi connectivity index (χ0n) is 8.89. The fraction of sp³-hybridized carbons (Fsp3) is 0. The van der Waals surface area contributed by atoms with Gasteiger partial charge in [0, 0.05) is 4.47 Å². The van der Waals surface area contributed by atoms with E-state index in [2.05, 4.69) is 31.2 Å². The predicted molar refractivity (Wildman–Crippen MR) is 71.4 cm³/mol. The number of hydrogen-bond acceptors (Lipinski definition) is 4. The predicted octanol–water partition coefficient (Wildman–Crippen LogP) is 3.33. The number of nitrogens with zero attached hydrogens (tertiary/aromatic N) is 2. The number of hydrogen-bond donors (Lipinski definition) is 2. The molecular weight excluding hydrogens is 321 g/mol. The smallest absolute Gasteiger partial charge is 0.356 e. The van der Waals surface area contributed by atoms with Gasteiger partial charge in [0.25, 0.3) is 0 Å². The van der Waals surface area contributed by atoms with Gasteiger partial charge >= 0.3 is 5.97 Å². The Bertz CT molecular complexity index is 589. The Labute approximate surface area is 116 Å². The Balaban J connectivity index is 2.21. The number of rotatable bonds is 3. The molecule has 2 N–H and O–H groups in total. The Morgan fingerprint density at radius 2 is 2.11 bits per heavy atom. The van der Waals surface area contributed by atoms with Crippen LogP contribution in [0.2, 0.25) is 5.02 Å². The molecule has 0 aliphatic heterocycles. The quantitative estimate of drug-likeness (QED) is 0.904. The summed E-state index contributed by atoms with van der Waals surface area (Å²) in [5, 5.41) is 12.2. The first-order valence-electron chi connectivity index (χ1n) is 4.83. The molecule has 92 valence electrons. The lowest BCUT2D eigenvalue weighted by atomic mass is 10.3. The topological polar surface area (TPSA) is 75.1 Å². The number of carboxylic acid groups (broad SMARTS) is 1. The fourth-order valence-corrected chi connectivity index (χ4v) is 1.95. The average molecular weight is 329 g/mol. The molecule has 0 radical (unpaired) electrons. The van der Waals surface area contributed by atoms with E-state index in [4.69, 9.17) is 16.7 Å². The molecule has 18 heavy (non-hydrogen) atoms. The van der Waals surface area contributed by atoms with Crippen molar-refractivity contribution in [1.82, 2.24) is 9.97 Å². The van der Waals surface area contributed by atoms with Gasteiger partial charge in [0.2, 0.25) is 0 Å². The molecule has 0 unspecified atom stereocenters. The van der Waals surface area contributed by atoms with Crippen LogP contribution in [-0.4, -0.2) is 21.0 Å².